The van der Waals surface area contributed by atoms with E-state index < -0.39 is 0 Å². The van der Waals surface area contributed by atoms with Crippen LogP contribution in [0.15, 0.2) is 54.0 Å². The summed E-state index contributed by atoms with van der Waals surface area (Å²) in [7, 11) is 0. The van der Waals surface area contributed by atoms with E-state index in [4.69, 9.17) is 5.41 Å². The number of nitrogens with zero attached hydrogens (tertiary/aromatic N) is 6. The second-order valence-electron chi connectivity index (χ2n) is 9.53. The topological polar surface area (TPSA) is 112 Å². The zero-order valence-corrected chi connectivity index (χ0v) is 21.1. The number of fused-ring (bicyclic) bond motifs is 1. The average molecular weight is 501 g/mol. The molecule has 0 bridgehead atoms. The minimum absolute atomic E-state index is 0.0659. The predicted octanol–water partition coefficient (Wildman–Crippen LogP) is 3.09. The van der Waals surface area contributed by atoms with E-state index in [1.54, 1.807) is 6.08 Å². The molecule has 2 aliphatic rings. The van der Waals surface area contributed by atoms with Crippen LogP contribution < -0.4 is 15.8 Å². The molecule has 0 saturated carbocycles. The second kappa shape index (κ2) is 10.5. The Labute approximate surface area is 215 Å². The van der Waals surface area contributed by atoms with Gasteiger partial charge in [0.1, 0.15) is 17.5 Å². The molecule has 1 aromatic carbocycles. The normalized spacial score (nSPS) is 16.7. The van der Waals surface area contributed by atoms with Gasteiger partial charge in [0, 0.05) is 36.7 Å². The first kappa shape index (κ1) is 24.6. The lowest BCUT2D eigenvalue weighted by atomic mass is 9.98. The molecule has 37 heavy (non-hydrogen) atoms. The van der Waals surface area contributed by atoms with Crippen molar-refractivity contribution >= 4 is 40.5 Å². The zero-order valence-electron chi connectivity index (χ0n) is 21.1. The SMILES string of the molecule is C=CCn1c(=O)c2cnc(Nc3ccc(N4CCC(N5CCC5)CC4)c(C)c3)nc2n1C(=N)/C=C\C=O. The third-order valence-corrected chi connectivity index (χ3v) is 7.20. The summed E-state index contributed by atoms with van der Waals surface area (Å²) >= 11 is 0. The largest absolute Gasteiger partial charge is 0.371 e. The number of aldehydes is 1. The van der Waals surface area contributed by atoms with Crippen LogP contribution in [0.5, 0.6) is 0 Å². The van der Waals surface area contributed by atoms with Crippen molar-refractivity contribution in [2.45, 2.75) is 38.8 Å². The van der Waals surface area contributed by atoms with Gasteiger partial charge in [-0.3, -0.25) is 15.0 Å². The van der Waals surface area contributed by atoms with Crippen molar-refractivity contribution in [2.24, 2.45) is 0 Å². The number of benzene rings is 1. The van der Waals surface area contributed by atoms with Gasteiger partial charge in [0.2, 0.25) is 5.95 Å². The van der Waals surface area contributed by atoms with Crippen molar-refractivity contribution in [3.8, 4) is 0 Å². The summed E-state index contributed by atoms with van der Waals surface area (Å²) in [6, 6.07) is 6.96. The molecule has 3 aromatic rings. The van der Waals surface area contributed by atoms with Crippen LogP contribution in [0.25, 0.3) is 11.0 Å². The molecule has 10 heteroatoms. The summed E-state index contributed by atoms with van der Waals surface area (Å²) < 4.78 is 2.71. The summed E-state index contributed by atoms with van der Waals surface area (Å²) in [5, 5.41) is 11.9. The standard InChI is InChI=1S/C27H32N8O2/c1-3-11-34-26(37)22-18-29-27(31-25(22)35(34)24(28)6-4-16-36)30-20-7-8-23(19(2)17-20)33-14-9-21(10-15-33)32-12-5-13-32/h3-4,6-8,16-18,21,28H,1,5,9-15H2,2H3,(H,29,30,31)/b6-4-,28-24?. The van der Waals surface area contributed by atoms with Gasteiger partial charge in [-0.15, -0.1) is 6.58 Å². The number of nitrogens with one attached hydrogen (secondary N) is 2. The van der Waals surface area contributed by atoms with Crippen molar-refractivity contribution in [3.05, 3.63) is 65.1 Å². The molecule has 2 aromatic heterocycles. The molecule has 2 aliphatic heterocycles. The number of carbonyl (C=O) groups is 1. The van der Waals surface area contributed by atoms with E-state index in [9.17, 15) is 9.59 Å². The quantitative estimate of drug-likeness (QED) is 0.161. The maximum Gasteiger partial charge on any atom is 0.278 e. The van der Waals surface area contributed by atoms with Gasteiger partial charge >= 0.3 is 0 Å². The molecule has 2 saturated heterocycles. The molecule has 0 unspecified atom stereocenters. The van der Waals surface area contributed by atoms with Crippen LogP contribution in [0.4, 0.5) is 17.3 Å². The van der Waals surface area contributed by atoms with Crippen LogP contribution in [0.3, 0.4) is 0 Å². The van der Waals surface area contributed by atoms with Crippen molar-refractivity contribution in [2.75, 3.05) is 36.4 Å². The Morgan fingerprint density at radius 1 is 1.24 bits per heavy atom. The molecule has 5 rings (SSSR count). The molecule has 0 aliphatic carbocycles. The highest BCUT2D eigenvalue weighted by Gasteiger charge is 2.28. The van der Waals surface area contributed by atoms with E-state index in [-0.39, 0.29) is 29.0 Å². The number of rotatable bonds is 8. The average Bonchev–Trinajstić information content (AvgIpc) is 3.13. The molecule has 0 atom stereocenters. The van der Waals surface area contributed by atoms with Crippen LogP contribution in [0.2, 0.25) is 0 Å². The van der Waals surface area contributed by atoms with Crippen molar-refractivity contribution in [1.29, 1.82) is 5.41 Å². The van der Waals surface area contributed by atoms with E-state index in [0.717, 1.165) is 24.8 Å². The molecular formula is C27H32N8O2. The first-order valence-electron chi connectivity index (χ1n) is 12.7. The van der Waals surface area contributed by atoms with Crippen LogP contribution >= 0.6 is 0 Å². The first-order valence-corrected chi connectivity index (χ1v) is 12.7. The minimum atomic E-state index is -0.330. The summed E-state index contributed by atoms with van der Waals surface area (Å²) in [5.41, 5.74) is 3.21. The Bertz CT molecular complexity index is 1420. The van der Waals surface area contributed by atoms with E-state index in [1.165, 1.54) is 71.3 Å². The fraction of sp³-hybridized carbons (Fsp3) is 0.370. The fourth-order valence-electron chi connectivity index (χ4n) is 5.22. The third-order valence-electron chi connectivity index (χ3n) is 7.20. The van der Waals surface area contributed by atoms with E-state index >= 15 is 0 Å². The van der Waals surface area contributed by atoms with Gasteiger partial charge in [-0.1, -0.05) is 6.08 Å². The Balaban J connectivity index is 1.37. The number of piperidine rings is 1. The minimum Gasteiger partial charge on any atom is -0.371 e. The number of hydrogen-bond donors (Lipinski definition) is 2. The summed E-state index contributed by atoms with van der Waals surface area (Å²) in [6.07, 6.45) is 9.88. The summed E-state index contributed by atoms with van der Waals surface area (Å²) in [5.74, 6) is 0.246. The van der Waals surface area contributed by atoms with Gasteiger partial charge in [0.05, 0.1) is 6.54 Å². The Morgan fingerprint density at radius 3 is 2.68 bits per heavy atom. The molecule has 0 amide bonds. The zero-order chi connectivity index (χ0) is 25.9. The molecule has 2 N–H and O–H groups in total. The Kier molecular flexibility index (Phi) is 7.00. The summed E-state index contributed by atoms with van der Waals surface area (Å²) in [4.78, 5) is 37.6. The fourth-order valence-corrected chi connectivity index (χ4v) is 5.22. The molecule has 0 spiro atoms. The number of aryl methyl sites for hydroxylation is 1. The highest BCUT2D eigenvalue weighted by molar-refractivity contribution is 5.99. The second-order valence-corrected chi connectivity index (χ2v) is 9.53. The Hall–Kier alpha value is -4.05. The van der Waals surface area contributed by atoms with Crippen LogP contribution in [0.1, 0.15) is 24.8 Å². The lowest BCUT2D eigenvalue weighted by Crippen LogP contribution is -2.50. The van der Waals surface area contributed by atoms with Crippen LogP contribution in [-0.4, -0.2) is 68.6 Å². The van der Waals surface area contributed by atoms with E-state index in [1.807, 2.05) is 6.07 Å². The van der Waals surface area contributed by atoms with Crippen molar-refractivity contribution in [3.63, 3.8) is 0 Å². The number of aromatic nitrogens is 4. The smallest absolute Gasteiger partial charge is 0.278 e. The van der Waals surface area contributed by atoms with Gasteiger partial charge in [0.25, 0.3) is 5.56 Å². The van der Waals surface area contributed by atoms with Crippen LogP contribution in [-0.2, 0) is 11.3 Å². The lowest BCUT2D eigenvalue weighted by Gasteiger charge is -2.43. The molecule has 2 fully saturated rings. The van der Waals surface area contributed by atoms with Crippen LogP contribution in [0, 0.1) is 12.3 Å². The van der Waals surface area contributed by atoms with Crippen molar-refractivity contribution in [1.82, 2.24) is 24.2 Å². The third kappa shape index (κ3) is 4.84. The predicted molar refractivity (Wildman–Crippen MR) is 146 cm³/mol. The highest BCUT2D eigenvalue weighted by Crippen LogP contribution is 2.29. The van der Waals surface area contributed by atoms with Gasteiger partial charge in [-0.2, -0.15) is 4.98 Å². The monoisotopic (exact) mass is 500 g/mol. The van der Waals surface area contributed by atoms with E-state index in [2.05, 4.69) is 50.7 Å². The Morgan fingerprint density at radius 2 is 2.03 bits per heavy atom. The molecular weight excluding hydrogens is 468 g/mol. The number of carbonyl (C=O) groups excluding carboxylic acids is 1. The maximum absolute atomic E-state index is 12.9. The summed E-state index contributed by atoms with van der Waals surface area (Å²) in [6.45, 7) is 10.6. The molecule has 4 heterocycles. The number of allylic oxidation sites excluding steroid dienone is 3. The molecule has 0 radical (unpaired) electrons. The number of hydrogen-bond acceptors (Lipinski definition) is 8. The molecule has 192 valence electrons. The van der Waals surface area contributed by atoms with Gasteiger partial charge < -0.3 is 15.1 Å². The number of likely N-dealkylation sites (tertiary alicyclic amines) is 1. The highest BCUT2D eigenvalue weighted by atomic mass is 16.1. The lowest BCUT2D eigenvalue weighted by molar-refractivity contribution is -0.104. The van der Waals surface area contributed by atoms with Gasteiger partial charge in [0.15, 0.2) is 5.65 Å². The van der Waals surface area contributed by atoms with Gasteiger partial charge in [-0.05, 0) is 75.2 Å². The first-order chi connectivity index (χ1) is 18.0. The van der Waals surface area contributed by atoms with E-state index in [0.29, 0.717) is 12.2 Å². The van der Waals surface area contributed by atoms with Crippen molar-refractivity contribution < 1.29 is 4.79 Å². The number of anilines is 3. The molecule has 10 nitrogen and oxygen atoms in total. The van der Waals surface area contributed by atoms with Gasteiger partial charge in [-0.25, -0.2) is 14.3 Å². The maximum atomic E-state index is 12.9.